The molecule has 0 amide bonds. The van der Waals surface area contributed by atoms with Crippen LogP contribution in [0.1, 0.15) is 0 Å². The molecular formula is C15H8F3N. The number of pyridine rings is 1. The van der Waals surface area contributed by atoms with Crippen molar-refractivity contribution in [3.63, 3.8) is 0 Å². The molecule has 3 rings (SSSR count). The number of fused-ring (bicyclic) bond motifs is 1. The molecule has 1 heterocycles. The second kappa shape index (κ2) is 4.39. The van der Waals surface area contributed by atoms with Crippen LogP contribution in [0, 0.1) is 17.5 Å². The van der Waals surface area contributed by atoms with Crippen LogP contribution in [-0.4, -0.2) is 4.98 Å². The maximum atomic E-state index is 13.7. The van der Waals surface area contributed by atoms with Crippen LogP contribution in [0.15, 0.2) is 48.7 Å². The third-order valence-electron chi connectivity index (χ3n) is 2.89. The van der Waals surface area contributed by atoms with E-state index in [-0.39, 0.29) is 5.56 Å². The summed E-state index contributed by atoms with van der Waals surface area (Å²) in [7, 11) is 0. The third-order valence-corrected chi connectivity index (χ3v) is 2.89. The number of aromatic nitrogens is 1. The largest absolute Gasteiger partial charge is 0.256 e. The minimum Gasteiger partial charge on any atom is -0.256 e. The van der Waals surface area contributed by atoms with Gasteiger partial charge in [0.2, 0.25) is 0 Å². The van der Waals surface area contributed by atoms with Crippen LogP contribution >= 0.6 is 0 Å². The standard InChI is InChI=1S/C15H8F3N/c16-10-6-9(7-11(17)8-10)15-13-2-1-3-14(18)12(13)4-5-19-15/h1-8H. The molecule has 0 radical (unpaired) electrons. The summed E-state index contributed by atoms with van der Waals surface area (Å²) in [5.41, 5.74) is 0.643. The molecule has 4 heteroatoms. The molecule has 0 spiro atoms. The van der Waals surface area contributed by atoms with Crippen molar-refractivity contribution in [2.45, 2.75) is 0 Å². The Bertz CT molecular complexity index is 748. The van der Waals surface area contributed by atoms with E-state index in [2.05, 4.69) is 4.98 Å². The number of nitrogens with zero attached hydrogens (tertiary/aromatic N) is 1. The van der Waals surface area contributed by atoms with Crippen LogP contribution in [0.4, 0.5) is 13.2 Å². The summed E-state index contributed by atoms with van der Waals surface area (Å²) >= 11 is 0. The van der Waals surface area contributed by atoms with Crippen molar-refractivity contribution in [1.82, 2.24) is 4.98 Å². The lowest BCUT2D eigenvalue weighted by molar-refractivity contribution is 0.584. The molecule has 0 saturated heterocycles. The van der Waals surface area contributed by atoms with E-state index in [1.54, 1.807) is 12.1 Å². The van der Waals surface area contributed by atoms with E-state index in [0.29, 0.717) is 16.5 Å². The van der Waals surface area contributed by atoms with Gasteiger partial charge in [0.15, 0.2) is 0 Å². The molecule has 0 aliphatic rings. The van der Waals surface area contributed by atoms with Gasteiger partial charge < -0.3 is 0 Å². The highest BCUT2D eigenvalue weighted by Gasteiger charge is 2.10. The predicted octanol–water partition coefficient (Wildman–Crippen LogP) is 4.32. The van der Waals surface area contributed by atoms with Crippen LogP contribution in [0.3, 0.4) is 0 Å². The van der Waals surface area contributed by atoms with Crippen molar-refractivity contribution in [3.05, 3.63) is 66.1 Å². The minimum absolute atomic E-state index is 0.286. The Morgan fingerprint density at radius 3 is 2.26 bits per heavy atom. The fourth-order valence-electron chi connectivity index (χ4n) is 2.09. The third kappa shape index (κ3) is 2.05. The van der Waals surface area contributed by atoms with E-state index in [4.69, 9.17) is 0 Å². The van der Waals surface area contributed by atoms with Crippen molar-refractivity contribution in [3.8, 4) is 11.3 Å². The molecule has 19 heavy (non-hydrogen) atoms. The van der Waals surface area contributed by atoms with Gasteiger partial charge in [-0.3, -0.25) is 4.98 Å². The zero-order valence-electron chi connectivity index (χ0n) is 9.70. The van der Waals surface area contributed by atoms with E-state index in [1.165, 1.54) is 30.5 Å². The van der Waals surface area contributed by atoms with E-state index >= 15 is 0 Å². The average molecular weight is 259 g/mol. The summed E-state index contributed by atoms with van der Waals surface area (Å²) in [6, 6.07) is 9.21. The van der Waals surface area contributed by atoms with Gasteiger partial charge in [-0.25, -0.2) is 13.2 Å². The summed E-state index contributed by atoms with van der Waals surface area (Å²) in [6.07, 6.45) is 1.42. The zero-order valence-corrected chi connectivity index (χ0v) is 9.70. The van der Waals surface area contributed by atoms with Gasteiger partial charge in [-0.15, -0.1) is 0 Å². The van der Waals surface area contributed by atoms with Crippen molar-refractivity contribution in [2.75, 3.05) is 0 Å². The predicted molar refractivity (Wildman–Crippen MR) is 67.1 cm³/mol. The Hall–Kier alpha value is -2.36. The first-order chi connectivity index (χ1) is 9.15. The lowest BCUT2D eigenvalue weighted by atomic mass is 10.0. The molecule has 94 valence electrons. The first-order valence-corrected chi connectivity index (χ1v) is 5.65. The first kappa shape index (κ1) is 11.7. The number of hydrogen-bond acceptors (Lipinski definition) is 1. The summed E-state index contributed by atoms with van der Waals surface area (Å²) < 4.78 is 40.2. The number of halogens is 3. The van der Waals surface area contributed by atoms with Crippen LogP contribution in [-0.2, 0) is 0 Å². The van der Waals surface area contributed by atoms with E-state index in [9.17, 15) is 13.2 Å². The minimum atomic E-state index is -0.690. The van der Waals surface area contributed by atoms with Crippen molar-refractivity contribution in [2.24, 2.45) is 0 Å². The molecule has 0 atom stereocenters. The smallest absolute Gasteiger partial charge is 0.131 e. The quantitative estimate of drug-likeness (QED) is 0.634. The van der Waals surface area contributed by atoms with Crippen LogP contribution in [0.25, 0.3) is 22.0 Å². The lowest BCUT2D eigenvalue weighted by Crippen LogP contribution is -1.90. The van der Waals surface area contributed by atoms with Crippen LogP contribution in [0.2, 0.25) is 0 Å². The first-order valence-electron chi connectivity index (χ1n) is 5.65. The van der Waals surface area contributed by atoms with Gasteiger partial charge in [0.05, 0.1) is 5.69 Å². The Morgan fingerprint density at radius 1 is 0.789 bits per heavy atom. The van der Waals surface area contributed by atoms with Gasteiger partial charge in [-0.05, 0) is 24.3 Å². The zero-order chi connectivity index (χ0) is 13.4. The highest BCUT2D eigenvalue weighted by Crippen LogP contribution is 2.28. The highest BCUT2D eigenvalue weighted by atomic mass is 19.1. The molecule has 0 saturated carbocycles. The maximum absolute atomic E-state index is 13.7. The van der Waals surface area contributed by atoms with Crippen molar-refractivity contribution >= 4 is 10.8 Å². The van der Waals surface area contributed by atoms with Gasteiger partial charge in [-0.1, -0.05) is 12.1 Å². The Labute approximate surface area is 107 Å². The molecule has 0 aliphatic heterocycles. The fraction of sp³-hybridized carbons (Fsp3) is 0. The number of rotatable bonds is 1. The molecular weight excluding hydrogens is 251 g/mol. The fourth-order valence-corrected chi connectivity index (χ4v) is 2.09. The molecule has 3 aromatic rings. The molecule has 1 nitrogen and oxygen atoms in total. The molecule has 2 aromatic carbocycles. The van der Waals surface area contributed by atoms with Gasteiger partial charge >= 0.3 is 0 Å². The molecule has 0 fully saturated rings. The topological polar surface area (TPSA) is 12.9 Å². The van der Waals surface area contributed by atoms with Crippen molar-refractivity contribution < 1.29 is 13.2 Å². The SMILES string of the molecule is Fc1cc(F)cc(-c2nccc3c(F)cccc23)c1. The summed E-state index contributed by atoms with van der Waals surface area (Å²) in [5.74, 6) is -1.77. The molecule has 0 unspecified atom stereocenters. The van der Waals surface area contributed by atoms with Crippen LogP contribution in [0.5, 0.6) is 0 Å². The van der Waals surface area contributed by atoms with Gasteiger partial charge in [0, 0.05) is 28.6 Å². The number of hydrogen-bond donors (Lipinski definition) is 0. The normalized spacial score (nSPS) is 10.9. The second-order valence-corrected chi connectivity index (χ2v) is 4.15. The Kier molecular flexibility index (Phi) is 2.71. The van der Waals surface area contributed by atoms with Gasteiger partial charge in [-0.2, -0.15) is 0 Å². The molecule has 0 bridgehead atoms. The van der Waals surface area contributed by atoms with Crippen LogP contribution < -0.4 is 0 Å². The molecule has 1 aromatic heterocycles. The summed E-state index contributed by atoms with van der Waals surface area (Å²) in [4.78, 5) is 4.10. The van der Waals surface area contributed by atoms with Gasteiger partial charge in [0.1, 0.15) is 17.5 Å². The Morgan fingerprint density at radius 2 is 1.53 bits per heavy atom. The Balaban J connectivity index is 2.33. The molecule has 0 N–H and O–H groups in total. The van der Waals surface area contributed by atoms with Crippen molar-refractivity contribution in [1.29, 1.82) is 0 Å². The van der Waals surface area contributed by atoms with Gasteiger partial charge in [0.25, 0.3) is 0 Å². The van der Waals surface area contributed by atoms with E-state index < -0.39 is 17.5 Å². The maximum Gasteiger partial charge on any atom is 0.131 e. The number of benzene rings is 2. The summed E-state index contributed by atoms with van der Waals surface area (Å²) in [5, 5.41) is 0.893. The van der Waals surface area contributed by atoms with E-state index in [1.807, 2.05) is 0 Å². The second-order valence-electron chi connectivity index (χ2n) is 4.15. The highest BCUT2D eigenvalue weighted by molar-refractivity contribution is 5.94. The monoisotopic (exact) mass is 259 g/mol. The molecule has 0 aliphatic carbocycles. The summed E-state index contributed by atoms with van der Waals surface area (Å²) in [6.45, 7) is 0. The lowest BCUT2D eigenvalue weighted by Gasteiger charge is -2.06. The average Bonchev–Trinajstić information content (AvgIpc) is 2.37. The van der Waals surface area contributed by atoms with E-state index in [0.717, 1.165) is 6.07 Å².